The van der Waals surface area contributed by atoms with E-state index in [1.807, 2.05) is 26.2 Å². The second-order valence-electron chi connectivity index (χ2n) is 7.53. The average molecular weight is 392 g/mol. The van der Waals surface area contributed by atoms with Crippen molar-refractivity contribution in [3.63, 3.8) is 0 Å². The molecule has 2 rings (SSSR count). The van der Waals surface area contributed by atoms with Crippen LogP contribution in [0, 0.1) is 11.7 Å². The van der Waals surface area contributed by atoms with Crippen molar-refractivity contribution in [3.05, 3.63) is 35.6 Å². The Kier molecular flexibility index (Phi) is 8.70. The fraction of sp³-hybridized carbons (Fsp3) is 0.619. The first kappa shape index (κ1) is 22.1. The van der Waals surface area contributed by atoms with Gasteiger partial charge in [0.1, 0.15) is 5.82 Å². The van der Waals surface area contributed by atoms with Crippen molar-refractivity contribution < 1.29 is 9.18 Å². The first-order chi connectivity index (χ1) is 13.4. The molecule has 1 fully saturated rings. The van der Waals surface area contributed by atoms with Crippen LogP contribution >= 0.6 is 0 Å². The zero-order valence-corrected chi connectivity index (χ0v) is 17.5. The van der Waals surface area contributed by atoms with Gasteiger partial charge in [-0.3, -0.25) is 9.79 Å². The number of halogens is 1. The van der Waals surface area contributed by atoms with Crippen LogP contribution in [0.1, 0.15) is 37.8 Å². The van der Waals surface area contributed by atoms with Gasteiger partial charge >= 0.3 is 0 Å². The molecule has 28 heavy (non-hydrogen) atoms. The summed E-state index contributed by atoms with van der Waals surface area (Å²) in [4.78, 5) is 20.9. The quantitative estimate of drug-likeness (QED) is 0.553. The van der Waals surface area contributed by atoms with Crippen LogP contribution < -0.4 is 10.6 Å². The molecule has 0 radical (unpaired) electrons. The summed E-state index contributed by atoms with van der Waals surface area (Å²) in [6.45, 7) is 5.27. The molecule has 1 saturated heterocycles. The van der Waals surface area contributed by atoms with Crippen LogP contribution in [-0.2, 0) is 4.79 Å². The lowest BCUT2D eigenvalue weighted by atomic mass is 9.93. The first-order valence-corrected chi connectivity index (χ1v) is 10.1. The van der Waals surface area contributed by atoms with Gasteiger partial charge in [-0.05, 0) is 57.5 Å². The Labute approximate surface area is 168 Å². The lowest BCUT2D eigenvalue weighted by molar-refractivity contribution is -0.121. The number of hydrogen-bond acceptors (Lipinski definition) is 3. The molecule has 0 aliphatic carbocycles. The lowest BCUT2D eigenvalue weighted by Gasteiger charge is -2.34. The van der Waals surface area contributed by atoms with E-state index in [-0.39, 0.29) is 17.8 Å². The Hall–Kier alpha value is -2.15. The molecule has 0 saturated carbocycles. The van der Waals surface area contributed by atoms with Gasteiger partial charge in [0.2, 0.25) is 5.91 Å². The maximum absolute atomic E-state index is 13.3. The second-order valence-corrected chi connectivity index (χ2v) is 7.53. The van der Waals surface area contributed by atoms with E-state index in [1.54, 1.807) is 7.05 Å². The van der Waals surface area contributed by atoms with Gasteiger partial charge in [-0.2, -0.15) is 0 Å². The van der Waals surface area contributed by atoms with Crippen LogP contribution in [0.25, 0.3) is 0 Å². The minimum Gasteiger partial charge on any atom is -0.359 e. The number of aliphatic imine (C=N–C) groups is 1. The molecule has 1 aliphatic rings. The van der Waals surface area contributed by atoms with E-state index in [9.17, 15) is 9.18 Å². The minimum absolute atomic E-state index is 0.0834. The van der Waals surface area contributed by atoms with E-state index in [2.05, 4.69) is 27.4 Å². The standard InChI is InChI=1S/C21H34FN5O/c1-5-24-21(27-12-10-16(11-13-27)14-20(28)23-2)25-15-19(26(3)4)17-6-8-18(22)9-7-17/h6-9,16,19H,5,10-15H2,1-4H3,(H,23,28)(H,24,25). The van der Waals surface area contributed by atoms with Crippen LogP contribution in [0.3, 0.4) is 0 Å². The van der Waals surface area contributed by atoms with E-state index in [0.717, 1.165) is 44.0 Å². The molecule has 2 N–H and O–H groups in total. The Bertz CT molecular complexity index is 639. The van der Waals surface area contributed by atoms with Crippen molar-refractivity contribution in [3.8, 4) is 0 Å². The van der Waals surface area contributed by atoms with Crippen LogP contribution in [0.15, 0.2) is 29.3 Å². The summed E-state index contributed by atoms with van der Waals surface area (Å²) in [5.41, 5.74) is 1.05. The predicted molar refractivity (Wildman–Crippen MR) is 112 cm³/mol. The van der Waals surface area contributed by atoms with E-state index in [1.165, 1.54) is 12.1 Å². The summed E-state index contributed by atoms with van der Waals surface area (Å²) in [6, 6.07) is 6.73. The molecule has 1 aromatic rings. The molecule has 1 heterocycles. The number of carbonyl (C=O) groups excluding carboxylic acids is 1. The van der Waals surface area contributed by atoms with Crippen LogP contribution in [0.2, 0.25) is 0 Å². The molecule has 1 unspecified atom stereocenters. The maximum atomic E-state index is 13.3. The van der Waals surface area contributed by atoms with E-state index >= 15 is 0 Å². The number of amides is 1. The van der Waals surface area contributed by atoms with Crippen molar-refractivity contribution in [2.45, 2.75) is 32.2 Å². The topological polar surface area (TPSA) is 60.0 Å². The molecule has 0 aromatic heterocycles. The van der Waals surface area contributed by atoms with E-state index in [4.69, 9.17) is 4.99 Å². The average Bonchev–Trinajstić information content (AvgIpc) is 2.69. The van der Waals surface area contributed by atoms with Crippen molar-refractivity contribution in [1.29, 1.82) is 0 Å². The molecular weight excluding hydrogens is 357 g/mol. The summed E-state index contributed by atoms with van der Waals surface area (Å²) < 4.78 is 13.3. The summed E-state index contributed by atoms with van der Waals surface area (Å²) in [6.07, 6.45) is 2.59. The third-order valence-corrected chi connectivity index (χ3v) is 5.29. The first-order valence-electron chi connectivity index (χ1n) is 10.1. The van der Waals surface area contributed by atoms with Gasteiger partial charge < -0.3 is 20.4 Å². The zero-order chi connectivity index (χ0) is 20.5. The maximum Gasteiger partial charge on any atom is 0.220 e. The number of carbonyl (C=O) groups is 1. The van der Waals surface area contributed by atoms with Gasteiger partial charge in [-0.25, -0.2) is 4.39 Å². The molecule has 156 valence electrons. The highest BCUT2D eigenvalue weighted by atomic mass is 19.1. The number of likely N-dealkylation sites (tertiary alicyclic amines) is 1. The number of guanidine groups is 1. The van der Waals surface area contributed by atoms with Crippen molar-refractivity contribution in [2.75, 3.05) is 47.3 Å². The smallest absolute Gasteiger partial charge is 0.220 e. The Morgan fingerprint density at radius 3 is 2.46 bits per heavy atom. The highest BCUT2D eigenvalue weighted by Crippen LogP contribution is 2.22. The van der Waals surface area contributed by atoms with Gasteiger partial charge in [0.05, 0.1) is 12.6 Å². The molecule has 6 nitrogen and oxygen atoms in total. The summed E-state index contributed by atoms with van der Waals surface area (Å²) in [5.74, 6) is 1.24. The molecule has 1 aliphatic heterocycles. The fourth-order valence-corrected chi connectivity index (χ4v) is 3.56. The Morgan fingerprint density at radius 1 is 1.29 bits per heavy atom. The van der Waals surface area contributed by atoms with Crippen molar-refractivity contribution in [2.24, 2.45) is 10.9 Å². The summed E-state index contributed by atoms with van der Waals surface area (Å²) in [5, 5.41) is 6.10. The van der Waals surface area contributed by atoms with Crippen LogP contribution in [-0.4, -0.2) is 69.0 Å². The molecule has 7 heteroatoms. The van der Waals surface area contributed by atoms with E-state index < -0.39 is 0 Å². The number of nitrogens with one attached hydrogen (secondary N) is 2. The SMILES string of the molecule is CCNC(=NCC(c1ccc(F)cc1)N(C)C)N1CCC(CC(=O)NC)CC1. The highest BCUT2D eigenvalue weighted by Gasteiger charge is 2.23. The number of nitrogens with zero attached hydrogens (tertiary/aromatic N) is 3. The molecule has 1 atom stereocenters. The lowest BCUT2D eigenvalue weighted by Crippen LogP contribution is -2.46. The molecule has 1 amide bonds. The minimum atomic E-state index is -0.224. The van der Waals surface area contributed by atoms with Gasteiger partial charge in [0.25, 0.3) is 0 Å². The third-order valence-electron chi connectivity index (χ3n) is 5.29. The zero-order valence-electron chi connectivity index (χ0n) is 17.5. The number of benzene rings is 1. The third kappa shape index (κ3) is 6.48. The van der Waals surface area contributed by atoms with Gasteiger partial charge in [-0.15, -0.1) is 0 Å². The number of likely N-dealkylation sites (N-methyl/N-ethyl adjacent to an activating group) is 1. The van der Waals surface area contributed by atoms with E-state index in [0.29, 0.717) is 18.9 Å². The number of piperidine rings is 1. The van der Waals surface area contributed by atoms with Gasteiger partial charge in [0, 0.05) is 33.1 Å². The molecule has 1 aromatic carbocycles. The summed E-state index contributed by atoms with van der Waals surface area (Å²) in [7, 11) is 5.72. The van der Waals surface area contributed by atoms with Crippen molar-refractivity contribution >= 4 is 11.9 Å². The fourth-order valence-electron chi connectivity index (χ4n) is 3.56. The van der Waals surface area contributed by atoms with Crippen LogP contribution in [0.5, 0.6) is 0 Å². The van der Waals surface area contributed by atoms with Crippen molar-refractivity contribution in [1.82, 2.24) is 20.4 Å². The largest absolute Gasteiger partial charge is 0.359 e. The van der Waals surface area contributed by atoms with Gasteiger partial charge in [0.15, 0.2) is 5.96 Å². The van der Waals surface area contributed by atoms with Gasteiger partial charge in [-0.1, -0.05) is 12.1 Å². The molecule has 0 spiro atoms. The number of rotatable bonds is 7. The molecule has 0 bridgehead atoms. The normalized spacial score (nSPS) is 16.9. The van der Waals surface area contributed by atoms with Crippen LogP contribution in [0.4, 0.5) is 4.39 Å². The second kappa shape index (κ2) is 11.0. The summed E-state index contributed by atoms with van der Waals surface area (Å²) >= 11 is 0. The predicted octanol–water partition coefficient (Wildman–Crippen LogP) is 2.24. The molecular formula is C21H34FN5O. The highest BCUT2D eigenvalue weighted by molar-refractivity contribution is 5.80. The Balaban J connectivity index is 2.02. The number of hydrogen-bond donors (Lipinski definition) is 2. The Morgan fingerprint density at radius 2 is 1.93 bits per heavy atom. The monoisotopic (exact) mass is 391 g/mol.